The first-order valence-electron chi connectivity index (χ1n) is 4.75. The third-order valence-electron chi connectivity index (χ3n) is 1.79. The third kappa shape index (κ3) is 4.75. The van der Waals surface area contributed by atoms with Gasteiger partial charge in [0.1, 0.15) is 0 Å². The highest BCUT2D eigenvalue weighted by Gasteiger charge is 2.31. The molecule has 0 saturated carbocycles. The molecule has 5 nitrogen and oxygen atoms in total. The zero-order valence-electron chi connectivity index (χ0n) is 9.49. The maximum Gasteiger partial charge on any atom is 0.335 e. The second-order valence-electron chi connectivity index (χ2n) is 3.28. The van der Waals surface area contributed by atoms with E-state index in [1.165, 1.54) is 6.92 Å². The maximum absolute atomic E-state index is 11.2. The van der Waals surface area contributed by atoms with Gasteiger partial charge in [0, 0.05) is 18.1 Å². The van der Waals surface area contributed by atoms with Crippen LogP contribution in [0.15, 0.2) is 24.8 Å². The normalized spacial score (nSPS) is 13.4. The number of hydrogen-bond acceptors (Lipinski definition) is 5. The van der Waals surface area contributed by atoms with Crippen LogP contribution < -0.4 is 0 Å². The lowest BCUT2D eigenvalue weighted by molar-refractivity contribution is -0.225. The lowest BCUT2D eigenvalue weighted by Crippen LogP contribution is -2.40. The van der Waals surface area contributed by atoms with Gasteiger partial charge in [0.15, 0.2) is 6.61 Å². The smallest absolute Gasteiger partial charge is 0.335 e. The zero-order chi connectivity index (χ0) is 12.8. The molecule has 0 rings (SSSR count). The van der Waals surface area contributed by atoms with E-state index in [0.29, 0.717) is 0 Å². The Kier molecular flexibility index (Phi) is 5.46. The van der Waals surface area contributed by atoms with E-state index in [9.17, 15) is 14.7 Å². The van der Waals surface area contributed by atoms with E-state index in [0.717, 1.165) is 6.08 Å². The zero-order valence-corrected chi connectivity index (χ0v) is 9.49. The Morgan fingerprint density at radius 3 is 2.44 bits per heavy atom. The summed E-state index contributed by atoms with van der Waals surface area (Å²) in [5.74, 6) is -3.26. The second kappa shape index (κ2) is 6.07. The third-order valence-corrected chi connectivity index (χ3v) is 1.79. The molecule has 5 heteroatoms. The molecule has 0 radical (unpaired) electrons. The van der Waals surface area contributed by atoms with Crippen LogP contribution in [0.4, 0.5) is 0 Å². The highest BCUT2D eigenvalue weighted by atomic mass is 16.7. The minimum atomic E-state index is -1.82. The van der Waals surface area contributed by atoms with Crippen LogP contribution in [0.2, 0.25) is 0 Å². The number of ether oxygens (including phenoxy) is 2. The van der Waals surface area contributed by atoms with Gasteiger partial charge in [0.2, 0.25) is 5.79 Å². The number of rotatable bonds is 6. The lowest BCUT2D eigenvalue weighted by atomic mass is 10.2. The molecule has 0 aromatic rings. The van der Waals surface area contributed by atoms with E-state index < -0.39 is 24.3 Å². The monoisotopic (exact) mass is 228 g/mol. The average molecular weight is 228 g/mol. The largest absolute Gasteiger partial charge is 0.456 e. The molecule has 0 saturated heterocycles. The second-order valence-corrected chi connectivity index (χ2v) is 3.28. The minimum Gasteiger partial charge on any atom is -0.456 e. The number of carbonyl (C=O) groups excluding carboxylic acids is 2. The topological polar surface area (TPSA) is 72.8 Å². The molecule has 1 N–H and O–H groups in total. The molecule has 0 aliphatic carbocycles. The fourth-order valence-corrected chi connectivity index (χ4v) is 0.706. The van der Waals surface area contributed by atoms with Gasteiger partial charge in [-0.25, -0.2) is 9.59 Å². The predicted molar refractivity (Wildman–Crippen MR) is 57.3 cm³/mol. The van der Waals surface area contributed by atoms with Crippen molar-refractivity contribution < 1.29 is 24.2 Å². The lowest BCUT2D eigenvalue weighted by Gasteiger charge is -2.25. The SMILES string of the molecule is C=CC(=O)OCC(O)(CC)OC(=O)C(=C)C. The molecule has 0 aliphatic rings. The van der Waals surface area contributed by atoms with Gasteiger partial charge in [0.25, 0.3) is 0 Å². The molecule has 0 heterocycles. The van der Waals surface area contributed by atoms with Gasteiger partial charge in [-0.15, -0.1) is 0 Å². The van der Waals surface area contributed by atoms with E-state index >= 15 is 0 Å². The Morgan fingerprint density at radius 1 is 1.50 bits per heavy atom. The molecule has 0 bridgehead atoms. The van der Waals surface area contributed by atoms with Crippen LogP contribution in [0.5, 0.6) is 0 Å². The van der Waals surface area contributed by atoms with Gasteiger partial charge >= 0.3 is 11.9 Å². The summed E-state index contributed by atoms with van der Waals surface area (Å²) in [6.07, 6.45) is 1.05. The summed E-state index contributed by atoms with van der Waals surface area (Å²) < 4.78 is 9.36. The van der Waals surface area contributed by atoms with Gasteiger partial charge in [-0.3, -0.25) is 0 Å². The van der Waals surface area contributed by atoms with Crippen molar-refractivity contribution in [3.63, 3.8) is 0 Å². The van der Waals surface area contributed by atoms with Gasteiger partial charge in [-0.05, 0) is 6.92 Å². The molecule has 1 unspecified atom stereocenters. The van der Waals surface area contributed by atoms with Crippen LogP contribution in [-0.2, 0) is 19.1 Å². The van der Waals surface area contributed by atoms with Crippen LogP contribution in [-0.4, -0.2) is 29.4 Å². The van der Waals surface area contributed by atoms with Crippen molar-refractivity contribution in [2.24, 2.45) is 0 Å². The Morgan fingerprint density at radius 2 is 2.06 bits per heavy atom. The summed E-state index contributed by atoms with van der Waals surface area (Å²) >= 11 is 0. The van der Waals surface area contributed by atoms with Gasteiger partial charge in [0.05, 0.1) is 0 Å². The molecule has 0 aromatic heterocycles. The van der Waals surface area contributed by atoms with Gasteiger partial charge < -0.3 is 14.6 Å². The molecular formula is C11H16O5. The van der Waals surface area contributed by atoms with Crippen molar-refractivity contribution in [3.05, 3.63) is 24.8 Å². The van der Waals surface area contributed by atoms with E-state index in [4.69, 9.17) is 4.74 Å². The van der Waals surface area contributed by atoms with E-state index in [1.54, 1.807) is 6.92 Å². The molecule has 0 aromatic carbocycles. The fraction of sp³-hybridized carbons (Fsp3) is 0.455. The van der Waals surface area contributed by atoms with Crippen molar-refractivity contribution in [3.8, 4) is 0 Å². The van der Waals surface area contributed by atoms with Crippen molar-refractivity contribution in [2.75, 3.05) is 6.61 Å². The van der Waals surface area contributed by atoms with E-state index in [2.05, 4.69) is 17.9 Å². The van der Waals surface area contributed by atoms with Crippen LogP contribution in [0, 0.1) is 0 Å². The summed E-state index contributed by atoms with van der Waals surface area (Å²) in [5.41, 5.74) is 0.155. The molecule has 0 spiro atoms. The molecule has 0 fully saturated rings. The van der Waals surface area contributed by atoms with Crippen LogP contribution in [0.25, 0.3) is 0 Å². The Bertz CT molecular complexity index is 307. The molecule has 1 atom stereocenters. The summed E-state index contributed by atoms with van der Waals surface area (Å²) in [7, 11) is 0. The van der Waals surface area contributed by atoms with E-state index in [1.807, 2.05) is 0 Å². The first-order valence-corrected chi connectivity index (χ1v) is 4.75. The fourth-order valence-electron chi connectivity index (χ4n) is 0.706. The molecule has 0 aliphatic heterocycles. The Hall–Kier alpha value is -1.62. The maximum atomic E-state index is 11.2. The first-order chi connectivity index (χ1) is 7.34. The number of aliphatic hydroxyl groups is 1. The Balaban J connectivity index is 4.41. The highest BCUT2D eigenvalue weighted by molar-refractivity contribution is 5.87. The van der Waals surface area contributed by atoms with Crippen molar-refractivity contribution >= 4 is 11.9 Å². The number of carbonyl (C=O) groups is 2. The van der Waals surface area contributed by atoms with Gasteiger partial charge in [-0.1, -0.05) is 20.1 Å². The summed E-state index contributed by atoms with van der Waals surface area (Å²) in [4.78, 5) is 22.0. The minimum absolute atomic E-state index is 0.0937. The van der Waals surface area contributed by atoms with Crippen LogP contribution in [0.1, 0.15) is 20.3 Å². The van der Waals surface area contributed by atoms with Gasteiger partial charge in [-0.2, -0.15) is 0 Å². The Labute approximate surface area is 94.4 Å². The highest BCUT2D eigenvalue weighted by Crippen LogP contribution is 2.14. The average Bonchev–Trinajstić information content (AvgIpc) is 2.25. The molecule has 90 valence electrons. The quantitative estimate of drug-likeness (QED) is 0.416. The van der Waals surface area contributed by atoms with Crippen molar-refractivity contribution in [2.45, 2.75) is 26.1 Å². The predicted octanol–water partition coefficient (Wildman–Crippen LogP) is 0.933. The number of esters is 2. The van der Waals surface area contributed by atoms with E-state index in [-0.39, 0.29) is 12.0 Å². The number of hydrogen-bond donors (Lipinski definition) is 1. The summed E-state index contributed by atoms with van der Waals surface area (Å²) in [6.45, 7) is 9.18. The van der Waals surface area contributed by atoms with Crippen molar-refractivity contribution in [1.29, 1.82) is 0 Å². The van der Waals surface area contributed by atoms with Crippen LogP contribution >= 0.6 is 0 Å². The molecular weight excluding hydrogens is 212 g/mol. The molecule has 16 heavy (non-hydrogen) atoms. The summed E-state index contributed by atoms with van der Waals surface area (Å²) in [5, 5.41) is 9.79. The molecule has 0 amide bonds. The van der Waals surface area contributed by atoms with Crippen molar-refractivity contribution in [1.82, 2.24) is 0 Å². The standard InChI is InChI=1S/C11H16O5/c1-5-9(12)15-7-11(14,6-2)16-10(13)8(3)4/h5,14H,1,3,6-7H2,2,4H3. The first kappa shape index (κ1) is 14.4. The summed E-state index contributed by atoms with van der Waals surface area (Å²) in [6, 6.07) is 0. The van der Waals surface area contributed by atoms with Crippen LogP contribution in [0.3, 0.4) is 0 Å².